The highest BCUT2D eigenvalue weighted by Crippen LogP contribution is 2.35. The van der Waals surface area contributed by atoms with Crippen molar-refractivity contribution >= 4 is 32.7 Å². The van der Waals surface area contributed by atoms with Crippen molar-refractivity contribution in [2.75, 3.05) is 0 Å². The van der Waals surface area contributed by atoms with Crippen LogP contribution < -0.4 is 4.74 Å². The Morgan fingerprint density at radius 1 is 0.585 bits per heavy atom. The van der Waals surface area contributed by atoms with Gasteiger partial charge in [-0.25, -0.2) is 9.67 Å². The Morgan fingerprint density at radius 2 is 1.41 bits per heavy atom. The predicted molar refractivity (Wildman–Crippen MR) is 163 cm³/mol. The molecule has 0 N–H and O–H groups in total. The Kier molecular flexibility index (Phi) is 5.35. The molecular formula is C35H23N5O. The maximum atomic E-state index is 6.40. The van der Waals surface area contributed by atoms with E-state index in [4.69, 9.17) is 4.74 Å². The van der Waals surface area contributed by atoms with Crippen LogP contribution in [0.1, 0.15) is 0 Å². The molecule has 4 heterocycles. The SMILES string of the molecule is c1ccc(-n2c3ccccc3c3ccc(Oc4cccc(-n5cc(-c6cccc7ncccc67)cn5)c4)cc32)nc1. The first kappa shape index (κ1) is 23.2. The lowest BCUT2D eigenvalue weighted by Gasteiger charge is -2.10. The van der Waals surface area contributed by atoms with E-state index in [-0.39, 0.29) is 0 Å². The lowest BCUT2D eigenvalue weighted by Crippen LogP contribution is -1.96. The van der Waals surface area contributed by atoms with Crippen LogP contribution in [-0.4, -0.2) is 24.3 Å². The second kappa shape index (κ2) is 9.47. The second-order valence-corrected chi connectivity index (χ2v) is 9.87. The molecule has 194 valence electrons. The number of fused-ring (bicyclic) bond motifs is 4. The van der Waals surface area contributed by atoms with Gasteiger partial charge in [0.2, 0.25) is 0 Å². The molecule has 41 heavy (non-hydrogen) atoms. The molecular weight excluding hydrogens is 506 g/mol. The fourth-order valence-corrected chi connectivity index (χ4v) is 5.53. The summed E-state index contributed by atoms with van der Waals surface area (Å²) in [7, 11) is 0. The Labute approximate surface area is 235 Å². The zero-order valence-electron chi connectivity index (χ0n) is 21.9. The Bertz CT molecular complexity index is 2190. The highest BCUT2D eigenvalue weighted by molar-refractivity contribution is 6.09. The average Bonchev–Trinajstić information content (AvgIpc) is 3.65. The van der Waals surface area contributed by atoms with Crippen molar-refractivity contribution in [3.05, 3.63) is 140 Å². The topological polar surface area (TPSA) is 57.8 Å². The van der Waals surface area contributed by atoms with Gasteiger partial charge < -0.3 is 4.74 Å². The number of aromatic nitrogens is 5. The van der Waals surface area contributed by atoms with Gasteiger partial charge >= 0.3 is 0 Å². The number of pyridine rings is 2. The standard InChI is InChI=1S/C35H23N5O/c1-2-14-33-30(10-1)31-17-16-27(21-34(31)40(33)35-15-3-4-18-37-35)41-26-9-5-8-25(20-26)39-23-24(22-38-39)28-11-6-13-32-29(28)12-7-19-36-32/h1-23H. The molecule has 0 aliphatic rings. The van der Waals surface area contributed by atoms with Crippen LogP contribution in [0.2, 0.25) is 0 Å². The molecule has 0 unspecified atom stereocenters. The molecule has 0 spiro atoms. The number of nitrogens with zero attached hydrogens (tertiary/aromatic N) is 5. The largest absolute Gasteiger partial charge is 0.457 e. The van der Waals surface area contributed by atoms with Crippen LogP contribution in [0.5, 0.6) is 11.5 Å². The first-order chi connectivity index (χ1) is 20.3. The van der Waals surface area contributed by atoms with Crippen LogP contribution in [0, 0.1) is 0 Å². The molecule has 0 radical (unpaired) electrons. The highest BCUT2D eigenvalue weighted by atomic mass is 16.5. The van der Waals surface area contributed by atoms with E-state index in [0.29, 0.717) is 0 Å². The quantitative estimate of drug-likeness (QED) is 0.225. The molecule has 0 aliphatic carbocycles. The first-order valence-corrected chi connectivity index (χ1v) is 13.4. The van der Waals surface area contributed by atoms with Crippen molar-refractivity contribution in [1.29, 1.82) is 0 Å². The Balaban J connectivity index is 1.15. The van der Waals surface area contributed by atoms with Gasteiger partial charge in [0, 0.05) is 52.4 Å². The number of hydrogen-bond donors (Lipinski definition) is 0. The van der Waals surface area contributed by atoms with Gasteiger partial charge in [0.25, 0.3) is 0 Å². The average molecular weight is 530 g/mol. The third-order valence-electron chi connectivity index (χ3n) is 7.38. The summed E-state index contributed by atoms with van der Waals surface area (Å²) in [5.74, 6) is 2.35. The molecule has 8 rings (SSSR count). The van der Waals surface area contributed by atoms with Crippen molar-refractivity contribution in [2.24, 2.45) is 0 Å². The van der Waals surface area contributed by atoms with E-state index in [0.717, 1.165) is 61.5 Å². The normalized spacial score (nSPS) is 11.4. The van der Waals surface area contributed by atoms with Crippen molar-refractivity contribution in [3.8, 4) is 34.1 Å². The third-order valence-corrected chi connectivity index (χ3v) is 7.38. The van der Waals surface area contributed by atoms with Crippen LogP contribution in [0.15, 0.2) is 140 Å². The third kappa shape index (κ3) is 4.01. The van der Waals surface area contributed by atoms with E-state index in [1.807, 2.05) is 96.2 Å². The predicted octanol–water partition coefficient (Wildman–Crippen LogP) is 8.37. The summed E-state index contributed by atoms with van der Waals surface area (Å²) in [6, 6.07) is 38.8. The molecule has 0 aliphatic heterocycles. The zero-order valence-corrected chi connectivity index (χ0v) is 21.9. The molecule has 4 aromatic carbocycles. The molecule has 6 heteroatoms. The summed E-state index contributed by atoms with van der Waals surface area (Å²) < 4.78 is 10.5. The molecule has 0 bridgehead atoms. The minimum atomic E-state index is 0.730. The Morgan fingerprint density at radius 3 is 2.37 bits per heavy atom. The molecule has 0 saturated heterocycles. The van der Waals surface area contributed by atoms with E-state index in [9.17, 15) is 0 Å². The van der Waals surface area contributed by atoms with Gasteiger partial charge in [0.05, 0.1) is 28.4 Å². The van der Waals surface area contributed by atoms with Gasteiger partial charge in [0.1, 0.15) is 17.3 Å². The maximum absolute atomic E-state index is 6.40. The number of para-hydroxylation sites is 1. The summed E-state index contributed by atoms with van der Waals surface area (Å²) in [5.41, 5.74) is 6.16. The number of ether oxygens (including phenoxy) is 1. The minimum absolute atomic E-state index is 0.730. The first-order valence-electron chi connectivity index (χ1n) is 13.4. The van der Waals surface area contributed by atoms with Crippen LogP contribution in [0.25, 0.3) is 55.3 Å². The monoisotopic (exact) mass is 529 g/mol. The van der Waals surface area contributed by atoms with Crippen molar-refractivity contribution in [3.63, 3.8) is 0 Å². The number of benzene rings is 4. The summed E-state index contributed by atoms with van der Waals surface area (Å²) >= 11 is 0. The van der Waals surface area contributed by atoms with E-state index < -0.39 is 0 Å². The van der Waals surface area contributed by atoms with Gasteiger partial charge in [-0.05, 0) is 60.2 Å². The number of hydrogen-bond acceptors (Lipinski definition) is 4. The van der Waals surface area contributed by atoms with Crippen molar-refractivity contribution in [2.45, 2.75) is 0 Å². The summed E-state index contributed by atoms with van der Waals surface area (Å²) in [5, 5.41) is 8.09. The molecule has 0 saturated carbocycles. The van der Waals surface area contributed by atoms with Crippen LogP contribution in [0.4, 0.5) is 0 Å². The van der Waals surface area contributed by atoms with Crippen LogP contribution in [-0.2, 0) is 0 Å². The number of rotatable bonds is 5. The highest BCUT2D eigenvalue weighted by Gasteiger charge is 2.14. The zero-order chi connectivity index (χ0) is 27.2. The molecule has 4 aromatic heterocycles. The fraction of sp³-hybridized carbons (Fsp3) is 0. The summed E-state index contributed by atoms with van der Waals surface area (Å²) in [6.45, 7) is 0. The van der Waals surface area contributed by atoms with Crippen LogP contribution >= 0.6 is 0 Å². The van der Waals surface area contributed by atoms with E-state index in [2.05, 4.69) is 68.2 Å². The van der Waals surface area contributed by atoms with E-state index in [1.165, 1.54) is 5.39 Å². The lowest BCUT2D eigenvalue weighted by atomic mass is 10.0. The van der Waals surface area contributed by atoms with Crippen molar-refractivity contribution in [1.82, 2.24) is 24.3 Å². The second-order valence-electron chi connectivity index (χ2n) is 9.87. The molecule has 6 nitrogen and oxygen atoms in total. The van der Waals surface area contributed by atoms with Gasteiger partial charge in [0.15, 0.2) is 0 Å². The van der Waals surface area contributed by atoms with Gasteiger partial charge in [-0.3, -0.25) is 9.55 Å². The molecule has 8 aromatic rings. The van der Waals surface area contributed by atoms with E-state index >= 15 is 0 Å². The summed E-state index contributed by atoms with van der Waals surface area (Å²) in [4.78, 5) is 9.12. The maximum Gasteiger partial charge on any atom is 0.137 e. The van der Waals surface area contributed by atoms with Gasteiger partial charge in [-0.2, -0.15) is 5.10 Å². The molecule has 0 fully saturated rings. The summed E-state index contributed by atoms with van der Waals surface area (Å²) in [6.07, 6.45) is 7.56. The Hall–Kier alpha value is -5.75. The smallest absolute Gasteiger partial charge is 0.137 e. The van der Waals surface area contributed by atoms with Gasteiger partial charge in [-0.1, -0.05) is 48.5 Å². The van der Waals surface area contributed by atoms with Gasteiger partial charge in [-0.15, -0.1) is 0 Å². The van der Waals surface area contributed by atoms with Crippen LogP contribution in [0.3, 0.4) is 0 Å². The fourth-order valence-electron chi connectivity index (χ4n) is 5.53. The lowest BCUT2D eigenvalue weighted by molar-refractivity contribution is 0.483. The minimum Gasteiger partial charge on any atom is -0.457 e. The van der Waals surface area contributed by atoms with E-state index in [1.54, 1.807) is 0 Å². The molecule has 0 amide bonds. The molecule has 0 atom stereocenters. The van der Waals surface area contributed by atoms with Crippen molar-refractivity contribution < 1.29 is 4.74 Å².